The van der Waals surface area contributed by atoms with Crippen molar-refractivity contribution in [2.24, 2.45) is 10.7 Å². The van der Waals surface area contributed by atoms with E-state index in [4.69, 9.17) is 25.8 Å². The lowest BCUT2D eigenvalue weighted by molar-refractivity contribution is 0.122. The SMILES string of the molecule is CCc1nc2c(C(N)=NC=N)cc(N3CCOCC3)cc2n1-c1c(C)cnc2c(C)cccc12. The number of rotatable bonds is 5. The van der Waals surface area contributed by atoms with Gasteiger partial charge < -0.3 is 15.4 Å². The molecule has 0 atom stereocenters. The monoisotopic (exact) mass is 455 g/mol. The standard InChI is InChI=1S/C26H29N7O/c1-4-22-31-24-20(26(28)30-15-27)12-18(32-8-10-34-11-9-32)13-21(24)33(22)25-17(3)14-29-23-16(2)6-5-7-19(23)25/h5-7,12-15H,4,8-11H2,1-3H3,(H3,27,28,30). The highest BCUT2D eigenvalue weighted by Gasteiger charge is 2.22. The molecule has 2 aromatic heterocycles. The van der Waals surface area contributed by atoms with E-state index in [-0.39, 0.29) is 5.84 Å². The van der Waals surface area contributed by atoms with Gasteiger partial charge in [0.05, 0.1) is 29.9 Å². The van der Waals surface area contributed by atoms with Crippen LogP contribution < -0.4 is 10.6 Å². The highest BCUT2D eigenvalue weighted by molar-refractivity contribution is 6.11. The van der Waals surface area contributed by atoms with E-state index in [1.165, 1.54) is 0 Å². The first-order valence-electron chi connectivity index (χ1n) is 11.6. The Bertz CT molecular complexity index is 1430. The topological polar surface area (TPSA) is 105 Å². The van der Waals surface area contributed by atoms with Crippen LogP contribution in [0.15, 0.2) is 41.5 Å². The van der Waals surface area contributed by atoms with Crippen LogP contribution in [0.3, 0.4) is 0 Å². The number of nitrogens with one attached hydrogen (secondary N) is 1. The van der Waals surface area contributed by atoms with Crippen molar-refractivity contribution in [1.29, 1.82) is 5.41 Å². The summed E-state index contributed by atoms with van der Waals surface area (Å²) in [6.07, 6.45) is 3.66. The molecule has 34 heavy (non-hydrogen) atoms. The lowest BCUT2D eigenvalue weighted by Gasteiger charge is -2.29. The summed E-state index contributed by atoms with van der Waals surface area (Å²) >= 11 is 0. The molecule has 3 N–H and O–H groups in total. The number of aryl methyl sites for hydroxylation is 3. The Hall–Kier alpha value is -3.78. The predicted molar refractivity (Wildman–Crippen MR) is 138 cm³/mol. The van der Waals surface area contributed by atoms with Crippen molar-refractivity contribution >= 4 is 39.8 Å². The summed E-state index contributed by atoms with van der Waals surface area (Å²) in [4.78, 5) is 16.1. The number of nitrogens with two attached hydrogens (primary N) is 1. The zero-order valence-electron chi connectivity index (χ0n) is 19.8. The quantitative estimate of drug-likeness (QED) is 0.351. The average Bonchev–Trinajstić information content (AvgIpc) is 3.22. The Kier molecular flexibility index (Phi) is 5.75. The number of nitrogens with zero attached hydrogens (tertiary/aromatic N) is 5. The van der Waals surface area contributed by atoms with E-state index in [1.54, 1.807) is 0 Å². The molecule has 0 unspecified atom stereocenters. The van der Waals surface area contributed by atoms with E-state index >= 15 is 0 Å². The summed E-state index contributed by atoms with van der Waals surface area (Å²) in [6.45, 7) is 9.26. The zero-order chi connectivity index (χ0) is 23.8. The van der Waals surface area contributed by atoms with Gasteiger partial charge in [0.25, 0.3) is 0 Å². The number of aliphatic imine (C=N–C) groups is 1. The summed E-state index contributed by atoms with van der Waals surface area (Å²) in [5, 5.41) is 8.54. The fourth-order valence-corrected chi connectivity index (χ4v) is 4.79. The van der Waals surface area contributed by atoms with E-state index in [0.29, 0.717) is 13.2 Å². The number of hydrogen-bond acceptors (Lipinski definition) is 5. The number of amidine groups is 1. The van der Waals surface area contributed by atoms with Crippen molar-refractivity contribution in [3.63, 3.8) is 0 Å². The van der Waals surface area contributed by atoms with Crippen LogP contribution >= 0.6 is 0 Å². The maximum atomic E-state index is 7.44. The smallest absolute Gasteiger partial charge is 0.134 e. The van der Waals surface area contributed by atoms with Gasteiger partial charge >= 0.3 is 0 Å². The number of aromatic nitrogens is 3. The molecule has 0 amide bonds. The highest BCUT2D eigenvalue weighted by Crippen LogP contribution is 2.34. The van der Waals surface area contributed by atoms with Crippen LogP contribution in [-0.2, 0) is 11.2 Å². The average molecular weight is 456 g/mol. The highest BCUT2D eigenvalue weighted by atomic mass is 16.5. The fraction of sp³-hybridized carbons (Fsp3) is 0.308. The van der Waals surface area contributed by atoms with E-state index in [0.717, 1.165) is 81.7 Å². The number of anilines is 1. The maximum Gasteiger partial charge on any atom is 0.134 e. The number of pyridine rings is 1. The first-order valence-corrected chi connectivity index (χ1v) is 11.6. The van der Waals surface area contributed by atoms with Crippen LogP contribution in [0.25, 0.3) is 27.6 Å². The van der Waals surface area contributed by atoms with Gasteiger partial charge in [-0.2, -0.15) is 0 Å². The number of ether oxygens (including phenoxy) is 1. The number of hydrogen-bond donors (Lipinski definition) is 2. The van der Waals surface area contributed by atoms with E-state index < -0.39 is 0 Å². The van der Waals surface area contributed by atoms with Crippen molar-refractivity contribution < 1.29 is 4.74 Å². The second-order valence-corrected chi connectivity index (χ2v) is 8.58. The van der Waals surface area contributed by atoms with Crippen molar-refractivity contribution in [3.05, 3.63) is 59.0 Å². The van der Waals surface area contributed by atoms with Crippen molar-refractivity contribution in [3.8, 4) is 5.69 Å². The Labute approximate surface area is 198 Å². The minimum absolute atomic E-state index is 0.287. The van der Waals surface area contributed by atoms with Gasteiger partial charge in [-0.25, -0.2) is 9.98 Å². The van der Waals surface area contributed by atoms with Gasteiger partial charge in [0.15, 0.2) is 0 Å². The number of morpholine rings is 1. The summed E-state index contributed by atoms with van der Waals surface area (Å²) in [6, 6.07) is 10.5. The van der Waals surface area contributed by atoms with Gasteiger partial charge in [0.1, 0.15) is 23.5 Å². The van der Waals surface area contributed by atoms with Crippen LogP contribution in [0.1, 0.15) is 29.4 Å². The van der Waals surface area contributed by atoms with Gasteiger partial charge in [-0.3, -0.25) is 15.0 Å². The molecule has 0 radical (unpaired) electrons. The van der Waals surface area contributed by atoms with Crippen LogP contribution in [0.4, 0.5) is 5.69 Å². The second kappa shape index (κ2) is 8.87. The molecule has 0 spiro atoms. The molecule has 3 heterocycles. The molecule has 1 aliphatic rings. The maximum absolute atomic E-state index is 7.44. The Morgan fingerprint density at radius 3 is 2.71 bits per heavy atom. The van der Waals surface area contributed by atoms with E-state index in [2.05, 4.69) is 59.5 Å². The van der Waals surface area contributed by atoms with E-state index in [1.807, 2.05) is 12.3 Å². The third-order valence-corrected chi connectivity index (χ3v) is 6.46. The molecule has 1 saturated heterocycles. The van der Waals surface area contributed by atoms with Crippen LogP contribution in [0.5, 0.6) is 0 Å². The molecule has 0 bridgehead atoms. The molecule has 0 saturated carbocycles. The summed E-state index contributed by atoms with van der Waals surface area (Å²) in [7, 11) is 0. The minimum Gasteiger partial charge on any atom is -0.383 e. The minimum atomic E-state index is 0.287. The van der Waals surface area contributed by atoms with Gasteiger partial charge in [0.2, 0.25) is 0 Å². The number of imidazole rings is 1. The third-order valence-electron chi connectivity index (χ3n) is 6.46. The van der Waals surface area contributed by atoms with Crippen molar-refractivity contribution in [1.82, 2.24) is 14.5 Å². The molecule has 1 aliphatic heterocycles. The molecule has 8 nitrogen and oxygen atoms in total. The number of fused-ring (bicyclic) bond motifs is 2. The van der Waals surface area contributed by atoms with Crippen LogP contribution in [-0.4, -0.2) is 53.0 Å². The lowest BCUT2D eigenvalue weighted by Crippen LogP contribution is -2.36. The predicted octanol–water partition coefficient (Wildman–Crippen LogP) is 3.90. The molecule has 8 heteroatoms. The Balaban J connectivity index is 1.88. The molecule has 1 fully saturated rings. The summed E-state index contributed by atoms with van der Waals surface area (Å²) < 4.78 is 7.82. The van der Waals surface area contributed by atoms with Crippen LogP contribution in [0.2, 0.25) is 0 Å². The molecular weight excluding hydrogens is 426 g/mol. The molecule has 174 valence electrons. The molecule has 0 aliphatic carbocycles. The summed E-state index contributed by atoms with van der Waals surface area (Å²) in [5.74, 6) is 1.23. The third kappa shape index (κ3) is 3.60. The van der Waals surface area contributed by atoms with Crippen molar-refractivity contribution in [2.75, 3.05) is 31.2 Å². The lowest BCUT2D eigenvalue weighted by atomic mass is 10.1. The van der Waals surface area contributed by atoms with E-state index in [9.17, 15) is 0 Å². The number of para-hydroxylation sites is 1. The Morgan fingerprint density at radius 1 is 1.18 bits per heavy atom. The van der Waals surface area contributed by atoms with Gasteiger partial charge in [-0.1, -0.05) is 25.1 Å². The summed E-state index contributed by atoms with van der Waals surface area (Å²) in [5.41, 5.74) is 14.2. The fourth-order valence-electron chi connectivity index (χ4n) is 4.79. The largest absolute Gasteiger partial charge is 0.383 e. The zero-order valence-corrected chi connectivity index (χ0v) is 19.8. The normalized spacial score (nSPS) is 14.8. The van der Waals surface area contributed by atoms with Gasteiger partial charge in [-0.15, -0.1) is 0 Å². The molecule has 5 rings (SSSR count). The molecule has 4 aromatic rings. The van der Waals surface area contributed by atoms with Crippen LogP contribution in [0, 0.1) is 19.3 Å². The Morgan fingerprint density at radius 2 is 1.97 bits per heavy atom. The number of benzene rings is 2. The van der Waals surface area contributed by atoms with Gasteiger partial charge in [-0.05, 0) is 37.1 Å². The van der Waals surface area contributed by atoms with Crippen molar-refractivity contribution in [2.45, 2.75) is 27.2 Å². The second-order valence-electron chi connectivity index (χ2n) is 8.58. The first-order chi connectivity index (χ1) is 16.5. The van der Waals surface area contributed by atoms with Gasteiger partial charge in [0, 0.05) is 42.3 Å². The molecule has 2 aromatic carbocycles. The first kappa shape index (κ1) is 22.0. The molecular formula is C26H29N7O.